The third kappa shape index (κ3) is 4.35. The predicted molar refractivity (Wildman–Crippen MR) is 139 cm³/mol. The minimum Gasteiger partial charge on any atom is -0.496 e. The Bertz CT molecular complexity index is 1300. The fraction of sp³-hybridized carbons (Fsp3) is 0.483. The van der Waals surface area contributed by atoms with E-state index < -0.39 is 0 Å². The number of rotatable bonds is 6. The molecule has 1 aliphatic carbocycles. The molecule has 0 bridgehead atoms. The van der Waals surface area contributed by atoms with Crippen molar-refractivity contribution < 1.29 is 14.4 Å². The van der Waals surface area contributed by atoms with Crippen LogP contribution in [0.2, 0.25) is 0 Å². The van der Waals surface area contributed by atoms with Crippen LogP contribution in [0.4, 0.5) is 0 Å². The molecule has 1 aliphatic heterocycles. The molecular formula is C29H35N3O3. The quantitative estimate of drug-likeness (QED) is 0.371. The third-order valence-electron chi connectivity index (χ3n) is 7.88. The lowest BCUT2D eigenvalue weighted by atomic mass is 9.75. The Morgan fingerprint density at radius 3 is 2.66 bits per heavy atom. The van der Waals surface area contributed by atoms with E-state index in [2.05, 4.69) is 35.8 Å². The summed E-state index contributed by atoms with van der Waals surface area (Å²) in [5, 5.41) is 4.22. The molecule has 1 fully saturated rings. The van der Waals surface area contributed by atoms with Crippen LogP contribution in [0.25, 0.3) is 22.2 Å². The van der Waals surface area contributed by atoms with Gasteiger partial charge >= 0.3 is 0 Å². The first-order valence-electron chi connectivity index (χ1n) is 12.7. The highest BCUT2D eigenvalue weighted by Crippen LogP contribution is 2.41. The van der Waals surface area contributed by atoms with E-state index in [9.17, 15) is 4.79 Å². The molecule has 0 N–H and O–H groups in total. The second-order valence-corrected chi connectivity index (χ2v) is 10.7. The fourth-order valence-corrected chi connectivity index (χ4v) is 5.95. The average Bonchev–Trinajstić information content (AvgIpc) is 3.37. The van der Waals surface area contributed by atoms with Crippen LogP contribution in [0.5, 0.6) is 5.75 Å². The van der Waals surface area contributed by atoms with E-state index in [0.717, 1.165) is 40.0 Å². The molecule has 1 saturated carbocycles. The Labute approximate surface area is 207 Å². The molecule has 2 atom stereocenters. The first-order chi connectivity index (χ1) is 16.8. The SMILES string of the molecule is COc1cc(-c2cn(CC3(C)CCCCC3)c3cc(C4C(C)=NOC4C)cnc23)ccc1C(C)=O. The molecule has 2 aromatic heterocycles. The molecule has 6 nitrogen and oxygen atoms in total. The van der Waals surface area contributed by atoms with E-state index in [1.807, 2.05) is 31.3 Å². The fourth-order valence-electron chi connectivity index (χ4n) is 5.95. The minimum atomic E-state index is -0.00578. The van der Waals surface area contributed by atoms with Crippen LogP contribution < -0.4 is 4.74 Å². The maximum absolute atomic E-state index is 12.0. The zero-order valence-electron chi connectivity index (χ0n) is 21.4. The summed E-state index contributed by atoms with van der Waals surface area (Å²) in [6.07, 6.45) is 10.6. The zero-order valence-corrected chi connectivity index (χ0v) is 21.4. The number of carbonyl (C=O) groups is 1. The largest absolute Gasteiger partial charge is 0.496 e. The number of hydrogen-bond donors (Lipinski definition) is 0. The standard InChI is InChI=1S/C29H35N3O3/c1-18-27(20(3)35-31-18)22-13-25-28(30-15-22)24(16-32(25)17-29(4)11-7-6-8-12-29)21-9-10-23(19(2)33)26(14-21)34-5/h9-10,13-16,20,27H,6-8,11-12,17H2,1-5H3. The number of Topliss-reactive ketones (excluding diaryl/α,β-unsaturated/α-hetero) is 1. The van der Waals surface area contributed by atoms with Crippen molar-refractivity contribution in [3.8, 4) is 16.9 Å². The Morgan fingerprint density at radius 2 is 2.00 bits per heavy atom. The number of nitrogens with zero attached hydrogens (tertiary/aromatic N) is 3. The maximum Gasteiger partial charge on any atom is 0.163 e. The number of methoxy groups -OCH3 is 1. The third-order valence-corrected chi connectivity index (χ3v) is 7.88. The number of benzene rings is 1. The number of ether oxygens (including phenoxy) is 1. The van der Waals surface area contributed by atoms with E-state index in [0.29, 0.717) is 11.3 Å². The lowest BCUT2D eigenvalue weighted by Gasteiger charge is -2.34. The molecule has 3 aromatic rings. The van der Waals surface area contributed by atoms with Gasteiger partial charge in [0.05, 0.1) is 35.3 Å². The first kappa shape index (κ1) is 23.6. The van der Waals surface area contributed by atoms with Crippen molar-refractivity contribution in [2.75, 3.05) is 7.11 Å². The summed E-state index contributed by atoms with van der Waals surface area (Å²) < 4.78 is 7.95. The number of hydrogen-bond acceptors (Lipinski definition) is 5. The van der Waals surface area contributed by atoms with Crippen molar-refractivity contribution in [3.05, 3.63) is 47.8 Å². The number of aromatic nitrogens is 2. The lowest BCUT2D eigenvalue weighted by Crippen LogP contribution is -2.25. The summed E-state index contributed by atoms with van der Waals surface area (Å²) in [5.41, 5.74) is 7.14. The van der Waals surface area contributed by atoms with Gasteiger partial charge in [-0.25, -0.2) is 0 Å². The van der Waals surface area contributed by atoms with Gasteiger partial charge in [0, 0.05) is 24.5 Å². The predicted octanol–water partition coefficient (Wildman–Crippen LogP) is 6.76. The summed E-state index contributed by atoms with van der Waals surface area (Å²) in [5.74, 6) is 0.697. The summed E-state index contributed by atoms with van der Waals surface area (Å²) in [6.45, 7) is 9.03. The topological polar surface area (TPSA) is 65.7 Å². The van der Waals surface area contributed by atoms with Crippen LogP contribution >= 0.6 is 0 Å². The van der Waals surface area contributed by atoms with Crippen LogP contribution in [0, 0.1) is 5.41 Å². The van der Waals surface area contributed by atoms with Crippen LogP contribution in [0.1, 0.15) is 81.6 Å². The number of oxime groups is 1. The second-order valence-electron chi connectivity index (χ2n) is 10.7. The first-order valence-corrected chi connectivity index (χ1v) is 12.7. The van der Waals surface area contributed by atoms with Crippen molar-refractivity contribution >= 4 is 22.5 Å². The van der Waals surface area contributed by atoms with Gasteiger partial charge in [-0.3, -0.25) is 9.78 Å². The molecular weight excluding hydrogens is 438 g/mol. The molecule has 0 saturated heterocycles. The van der Waals surface area contributed by atoms with E-state index in [4.69, 9.17) is 14.6 Å². The monoisotopic (exact) mass is 473 g/mol. The summed E-state index contributed by atoms with van der Waals surface area (Å²) in [4.78, 5) is 22.6. The van der Waals surface area contributed by atoms with Crippen LogP contribution in [0.15, 0.2) is 41.8 Å². The molecule has 6 heteroatoms. The molecule has 0 spiro atoms. The number of carbonyl (C=O) groups excluding carboxylic acids is 1. The number of fused-ring (bicyclic) bond motifs is 1. The highest BCUT2D eigenvalue weighted by Gasteiger charge is 2.32. The lowest BCUT2D eigenvalue weighted by molar-refractivity contribution is 0.0904. The van der Waals surface area contributed by atoms with E-state index in [1.165, 1.54) is 32.1 Å². The zero-order chi connectivity index (χ0) is 24.7. The molecule has 0 amide bonds. The molecule has 184 valence electrons. The van der Waals surface area contributed by atoms with Gasteiger partial charge in [0.1, 0.15) is 11.9 Å². The average molecular weight is 474 g/mol. The number of pyridine rings is 1. The van der Waals surface area contributed by atoms with Crippen LogP contribution in [-0.4, -0.2) is 34.3 Å². The number of ketones is 1. The molecule has 0 radical (unpaired) electrons. The smallest absolute Gasteiger partial charge is 0.163 e. The van der Waals surface area contributed by atoms with Crippen LogP contribution in [0.3, 0.4) is 0 Å². The van der Waals surface area contributed by atoms with Gasteiger partial charge in [-0.2, -0.15) is 0 Å². The van der Waals surface area contributed by atoms with E-state index in [1.54, 1.807) is 14.0 Å². The molecule has 5 rings (SSSR count). The van der Waals surface area contributed by atoms with Gasteiger partial charge in [-0.15, -0.1) is 0 Å². The van der Waals surface area contributed by atoms with Gasteiger partial charge in [0.25, 0.3) is 0 Å². The van der Waals surface area contributed by atoms with Crippen molar-refractivity contribution in [3.63, 3.8) is 0 Å². The van der Waals surface area contributed by atoms with E-state index >= 15 is 0 Å². The van der Waals surface area contributed by atoms with Gasteiger partial charge in [0.15, 0.2) is 5.78 Å². The molecule has 2 aliphatic rings. The van der Waals surface area contributed by atoms with Gasteiger partial charge in [-0.05, 0) is 68.4 Å². The Morgan fingerprint density at radius 1 is 1.23 bits per heavy atom. The molecule has 2 unspecified atom stereocenters. The van der Waals surface area contributed by atoms with Crippen molar-refractivity contribution in [1.29, 1.82) is 0 Å². The second kappa shape index (κ2) is 9.14. The highest BCUT2D eigenvalue weighted by atomic mass is 16.6. The van der Waals surface area contributed by atoms with Crippen molar-refractivity contribution in [2.45, 2.75) is 78.4 Å². The summed E-state index contributed by atoms with van der Waals surface area (Å²) in [7, 11) is 1.61. The van der Waals surface area contributed by atoms with Gasteiger partial charge < -0.3 is 14.1 Å². The van der Waals surface area contributed by atoms with Crippen molar-refractivity contribution in [2.24, 2.45) is 10.6 Å². The molecule has 35 heavy (non-hydrogen) atoms. The summed E-state index contributed by atoms with van der Waals surface area (Å²) in [6, 6.07) is 8.08. The molecule has 3 heterocycles. The maximum atomic E-state index is 12.0. The normalized spacial score (nSPS) is 21.6. The minimum absolute atomic E-state index is 0.00335. The van der Waals surface area contributed by atoms with Gasteiger partial charge in [-0.1, -0.05) is 37.4 Å². The Balaban J connectivity index is 1.64. The summed E-state index contributed by atoms with van der Waals surface area (Å²) >= 11 is 0. The van der Waals surface area contributed by atoms with Crippen LogP contribution in [-0.2, 0) is 11.4 Å². The highest BCUT2D eigenvalue weighted by molar-refractivity contribution is 5.99. The van der Waals surface area contributed by atoms with E-state index in [-0.39, 0.29) is 23.2 Å². The van der Waals surface area contributed by atoms with Gasteiger partial charge in [0.2, 0.25) is 0 Å². The Hall–Kier alpha value is -3.15. The molecule has 1 aromatic carbocycles. The Kier molecular flexibility index (Phi) is 6.16. The van der Waals surface area contributed by atoms with Crippen molar-refractivity contribution in [1.82, 2.24) is 9.55 Å².